The van der Waals surface area contributed by atoms with Crippen molar-refractivity contribution in [2.45, 2.75) is 19.8 Å². The molecule has 21 heavy (non-hydrogen) atoms. The fraction of sp³-hybridized carbons (Fsp3) is 0.385. The monoisotopic (exact) mass is 309 g/mol. The van der Waals surface area contributed by atoms with Gasteiger partial charge in [0.2, 0.25) is 0 Å². The molecule has 2 aromatic heterocycles. The lowest BCUT2D eigenvalue weighted by molar-refractivity contribution is -0.137. The van der Waals surface area contributed by atoms with E-state index < -0.39 is 11.9 Å². The number of carbonyl (C=O) groups is 2. The molecule has 0 bridgehead atoms. The highest BCUT2D eigenvalue weighted by molar-refractivity contribution is 7.17. The fourth-order valence-electron chi connectivity index (χ4n) is 1.81. The number of carbonyl (C=O) groups excluding carboxylic acids is 1. The third-order valence-corrected chi connectivity index (χ3v) is 3.61. The average molecular weight is 309 g/mol. The molecule has 8 heteroatoms. The Kier molecular flexibility index (Phi) is 5.04. The van der Waals surface area contributed by atoms with E-state index in [4.69, 9.17) is 9.84 Å². The molecule has 0 saturated carbocycles. The Morgan fingerprint density at radius 1 is 1.43 bits per heavy atom. The van der Waals surface area contributed by atoms with Gasteiger partial charge in [-0.05, 0) is 13.3 Å². The lowest BCUT2D eigenvalue weighted by Crippen LogP contribution is -2.09. The van der Waals surface area contributed by atoms with Crippen LogP contribution in [0, 0.1) is 0 Å². The van der Waals surface area contributed by atoms with Crippen molar-refractivity contribution in [2.75, 3.05) is 18.5 Å². The van der Waals surface area contributed by atoms with E-state index in [1.165, 1.54) is 17.7 Å². The van der Waals surface area contributed by atoms with Gasteiger partial charge in [0.05, 0.1) is 17.6 Å². The van der Waals surface area contributed by atoms with Gasteiger partial charge < -0.3 is 15.2 Å². The smallest absolute Gasteiger partial charge is 0.339 e. The Bertz CT molecular complexity index is 656. The first-order chi connectivity index (χ1) is 10.1. The zero-order valence-electron chi connectivity index (χ0n) is 11.5. The van der Waals surface area contributed by atoms with E-state index >= 15 is 0 Å². The fourth-order valence-corrected chi connectivity index (χ4v) is 2.69. The largest absolute Gasteiger partial charge is 0.481 e. The summed E-state index contributed by atoms with van der Waals surface area (Å²) >= 11 is 1.34. The Morgan fingerprint density at radius 3 is 2.95 bits per heavy atom. The Labute approximate surface area is 125 Å². The van der Waals surface area contributed by atoms with Crippen LogP contribution in [0.1, 0.15) is 30.1 Å². The Balaban J connectivity index is 2.20. The number of aliphatic carboxylic acids is 1. The van der Waals surface area contributed by atoms with Gasteiger partial charge in [0, 0.05) is 18.3 Å². The van der Waals surface area contributed by atoms with Crippen LogP contribution in [0.25, 0.3) is 10.2 Å². The van der Waals surface area contributed by atoms with Crippen LogP contribution in [0.4, 0.5) is 5.82 Å². The van der Waals surface area contributed by atoms with E-state index in [-0.39, 0.29) is 6.42 Å². The number of nitrogens with zero attached hydrogens (tertiary/aromatic N) is 2. The maximum Gasteiger partial charge on any atom is 0.339 e. The quantitative estimate of drug-likeness (QED) is 0.597. The predicted molar refractivity (Wildman–Crippen MR) is 78.7 cm³/mol. The summed E-state index contributed by atoms with van der Waals surface area (Å²) in [5, 5.41) is 14.0. The van der Waals surface area contributed by atoms with Gasteiger partial charge in [-0.25, -0.2) is 14.8 Å². The van der Waals surface area contributed by atoms with Gasteiger partial charge in [0.1, 0.15) is 17.0 Å². The molecule has 0 aliphatic carbocycles. The van der Waals surface area contributed by atoms with Crippen LogP contribution in [-0.2, 0) is 9.53 Å². The van der Waals surface area contributed by atoms with Crippen molar-refractivity contribution in [2.24, 2.45) is 0 Å². The molecule has 0 fully saturated rings. The van der Waals surface area contributed by atoms with Crippen molar-refractivity contribution in [3.8, 4) is 0 Å². The second kappa shape index (κ2) is 6.98. The first kappa shape index (κ1) is 15.2. The number of aromatic nitrogens is 2. The molecule has 0 aliphatic rings. The number of carboxylic acid groups (broad SMARTS) is 1. The summed E-state index contributed by atoms with van der Waals surface area (Å²) in [5.41, 5.74) is 0.429. The summed E-state index contributed by atoms with van der Waals surface area (Å²) in [6.45, 7) is 2.50. The highest BCUT2D eigenvalue weighted by Gasteiger charge is 2.17. The maximum atomic E-state index is 11.9. The third kappa shape index (κ3) is 3.66. The summed E-state index contributed by atoms with van der Waals surface area (Å²) in [6, 6.07) is 0. The molecule has 2 rings (SSSR count). The maximum absolute atomic E-state index is 11.9. The second-order valence-electron chi connectivity index (χ2n) is 4.20. The van der Waals surface area contributed by atoms with E-state index in [1.807, 2.05) is 0 Å². The van der Waals surface area contributed by atoms with E-state index in [1.54, 1.807) is 12.3 Å². The number of hydrogen-bond acceptors (Lipinski definition) is 7. The van der Waals surface area contributed by atoms with Gasteiger partial charge in [-0.2, -0.15) is 0 Å². The van der Waals surface area contributed by atoms with Crippen molar-refractivity contribution in [3.05, 3.63) is 17.3 Å². The number of anilines is 1. The van der Waals surface area contributed by atoms with Crippen molar-refractivity contribution < 1.29 is 19.4 Å². The topological polar surface area (TPSA) is 101 Å². The van der Waals surface area contributed by atoms with Crippen LogP contribution in [0.5, 0.6) is 0 Å². The van der Waals surface area contributed by atoms with Crippen LogP contribution in [0.2, 0.25) is 0 Å². The van der Waals surface area contributed by atoms with Crippen molar-refractivity contribution in [3.63, 3.8) is 0 Å². The molecule has 7 nitrogen and oxygen atoms in total. The van der Waals surface area contributed by atoms with Crippen molar-refractivity contribution >= 4 is 39.3 Å². The Hall–Kier alpha value is -2.22. The van der Waals surface area contributed by atoms with Crippen LogP contribution in [0.3, 0.4) is 0 Å². The zero-order valence-corrected chi connectivity index (χ0v) is 12.3. The molecule has 2 N–H and O–H groups in total. The molecule has 2 heterocycles. The van der Waals surface area contributed by atoms with E-state index in [9.17, 15) is 9.59 Å². The zero-order chi connectivity index (χ0) is 15.2. The molecule has 112 valence electrons. The number of nitrogens with one attached hydrogen (secondary N) is 1. The van der Waals surface area contributed by atoms with Crippen molar-refractivity contribution in [1.29, 1.82) is 0 Å². The number of carboxylic acids is 1. The van der Waals surface area contributed by atoms with Crippen LogP contribution >= 0.6 is 11.3 Å². The molecule has 0 amide bonds. The Morgan fingerprint density at radius 2 is 2.24 bits per heavy atom. The minimum absolute atomic E-state index is 0.0790. The molecule has 0 radical (unpaired) electrons. The molecule has 0 aliphatic heterocycles. The molecular weight excluding hydrogens is 294 g/mol. The molecular formula is C13H15N3O4S. The number of fused-ring (bicyclic) bond motifs is 1. The van der Waals surface area contributed by atoms with Gasteiger partial charge >= 0.3 is 11.9 Å². The minimum Gasteiger partial charge on any atom is -0.481 e. The molecule has 0 atom stereocenters. The third-order valence-electron chi connectivity index (χ3n) is 2.73. The summed E-state index contributed by atoms with van der Waals surface area (Å²) in [4.78, 5) is 31.3. The van der Waals surface area contributed by atoms with E-state index in [2.05, 4.69) is 15.3 Å². The molecule has 0 aromatic carbocycles. The lowest BCUT2D eigenvalue weighted by atomic mass is 10.2. The van der Waals surface area contributed by atoms with E-state index in [0.717, 1.165) is 0 Å². The van der Waals surface area contributed by atoms with Crippen molar-refractivity contribution in [1.82, 2.24) is 9.97 Å². The number of hydrogen-bond donors (Lipinski definition) is 2. The van der Waals surface area contributed by atoms with Gasteiger partial charge in [0.25, 0.3) is 0 Å². The lowest BCUT2D eigenvalue weighted by Gasteiger charge is -2.07. The molecule has 2 aromatic rings. The SMILES string of the molecule is CCOC(=O)c1csc2ncnc(NCCCC(=O)O)c12. The van der Waals surface area contributed by atoms with Gasteiger partial charge in [-0.3, -0.25) is 4.79 Å². The number of ether oxygens (including phenoxy) is 1. The van der Waals surface area contributed by atoms with Gasteiger partial charge in [-0.1, -0.05) is 0 Å². The highest BCUT2D eigenvalue weighted by Crippen LogP contribution is 2.29. The van der Waals surface area contributed by atoms with Crippen LogP contribution in [0.15, 0.2) is 11.7 Å². The van der Waals surface area contributed by atoms with Crippen LogP contribution in [-0.4, -0.2) is 40.2 Å². The number of thiophene rings is 1. The first-order valence-electron chi connectivity index (χ1n) is 6.48. The minimum atomic E-state index is -0.840. The highest BCUT2D eigenvalue weighted by atomic mass is 32.1. The van der Waals surface area contributed by atoms with E-state index in [0.29, 0.717) is 41.2 Å². The molecule has 0 spiro atoms. The number of esters is 1. The second-order valence-corrected chi connectivity index (χ2v) is 5.05. The van der Waals surface area contributed by atoms with Crippen LogP contribution < -0.4 is 5.32 Å². The standard InChI is InChI=1S/C13H15N3O4S/c1-2-20-13(19)8-6-21-12-10(8)11(15-7-16-12)14-5-3-4-9(17)18/h6-7H,2-5H2,1H3,(H,17,18)(H,14,15,16). The summed E-state index contributed by atoms with van der Waals surface area (Å²) < 4.78 is 5.01. The normalized spacial score (nSPS) is 10.5. The average Bonchev–Trinajstić information content (AvgIpc) is 2.88. The summed E-state index contributed by atoms with van der Waals surface area (Å²) in [6.07, 6.45) is 1.96. The molecule has 0 unspecified atom stereocenters. The molecule has 0 saturated heterocycles. The summed E-state index contributed by atoms with van der Waals surface area (Å²) in [7, 11) is 0. The first-order valence-corrected chi connectivity index (χ1v) is 7.36. The predicted octanol–water partition coefficient (Wildman–Crippen LogP) is 2.14. The van der Waals surface area contributed by atoms with Gasteiger partial charge in [0.15, 0.2) is 0 Å². The summed E-state index contributed by atoms with van der Waals surface area (Å²) in [5.74, 6) is -0.728. The van der Waals surface area contributed by atoms with Gasteiger partial charge in [-0.15, -0.1) is 11.3 Å². The number of rotatable bonds is 7.